The van der Waals surface area contributed by atoms with E-state index in [2.05, 4.69) is 0 Å². The van der Waals surface area contributed by atoms with Crippen LogP contribution < -0.4 is 4.43 Å². The summed E-state index contributed by atoms with van der Waals surface area (Å²) in [5, 5.41) is 11.9. The van der Waals surface area contributed by atoms with E-state index in [-0.39, 0.29) is 12.1 Å². The standard InChI is InChI=1S/C13H9F5N2O3/c1-5(2)11(21)10-12(13(16,17)18)20(23)9-4-7(15)6(14)3-8(9)19(10)22/h3-5H,1-2H3. The number of ketones is 1. The van der Waals surface area contributed by atoms with E-state index >= 15 is 0 Å². The third-order valence-electron chi connectivity index (χ3n) is 3.11. The largest absolute Gasteiger partial charge is 0.805 e. The fourth-order valence-corrected chi connectivity index (χ4v) is 2.02. The highest BCUT2D eigenvalue weighted by Crippen LogP contribution is 2.33. The second-order valence-corrected chi connectivity index (χ2v) is 5.06. The molecule has 0 unspecified atom stereocenters. The molecule has 0 aliphatic rings. The quantitative estimate of drug-likeness (QED) is 0.481. The smallest absolute Gasteiger partial charge is 0.438 e. The molecule has 0 aliphatic carbocycles. The molecular weight excluding hydrogens is 327 g/mol. The Hall–Kier alpha value is -2.52. The highest BCUT2D eigenvalue weighted by atomic mass is 19.4. The zero-order valence-corrected chi connectivity index (χ0v) is 11.7. The van der Waals surface area contributed by atoms with E-state index in [1.807, 2.05) is 0 Å². The Balaban J connectivity index is 3.10. The maximum absolute atomic E-state index is 13.2. The second-order valence-electron chi connectivity index (χ2n) is 5.06. The van der Waals surface area contributed by atoms with Gasteiger partial charge in [-0.25, -0.2) is 8.78 Å². The number of fused-ring (bicyclic) bond motifs is 1. The molecule has 0 fully saturated rings. The van der Waals surface area contributed by atoms with Crippen LogP contribution in [0.25, 0.3) is 11.0 Å². The van der Waals surface area contributed by atoms with E-state index in [1.54, 1.807) is 0 Å². The summed E-state index contributed by atoms with van der Waals surface area (Å²) >= 11 is 0. The Bertz CT molecular complexity index is 871. The molecule has 0 radical (unpaired) electrons. The molecule has 0 aliphatic heterocycles. The minimum atomic E-state index is -5.34. The Labute approximate surface area is 125 Å². The van der Waals surface area contributed by atoms with E-state index in [0.29, 0.717) is 0 Å². The molecule has 1 heterocycles. The number of Topliss-reactive ketones (excluding diaryl/α,β-unsaturated/α-hetero) is 1. The van der Waals surface area contributed by atoms with Crippen LogP contribution in [0.5, 0.6) is 0 Å². The molecule has 124 valence electrons. The number of hydrogen-bond acceptors (Lipinski definition) is 3. The predicted molar refractivity (Wildman–Crippen MR) is 68.2 cm³/mol. The Kier molecular flexibility index (Phi) is 3.87. The van der Waals surface area contributed by atoms with Crippen molar-refractivity contribution in [3.05, 3.63) is 45.3 Å². The first kappa shape index (κ1) is 16.8. The van der Waals surface area contributed by atoms with E-state index in [0.717, 1.165) is 0 Å². The van der Waals surface area contributed by atoms with Gasteiger partial charge >= 0.3 is 11.9 Å². The maximum atomic E-state index is 13.2. The fourth-order valence-electron chi connectivity index (χ4n) is 2.02. The second kappa shape index (κ2) is 5.28. The molecule has 10 heteroatoms. The lowest BCUT2D eigenvalue weighted by Crippen LogP contribution is -2.36. The lowest BCUT2D eigenvalue weighted by atomic mass is 10.0. The van der Waals surface area contributed by atoms with Gasteiger partial charge in [0.05, 0.1) is 10.5 Å². The number of nitrogens with zero attached hydrogens (tertiary/aromatic N) is 2. The topological polar surface area (TPSA) is 68.0 Å². The fraction of sp³-hybridized carbons (Fsp3) is 0.308. The summed E-state index contributed by atoms with van der Waals surface area (Å²) in [6.07, 6.45) is -5.34. The van der Waals surface area contributed by atoms with Crippen molar-refractivity contribution in [2.75, 3.05) is 0 Å². The van der Waals surface area contributed by atoms with Crippen LogP contribution in [-0.2, 0) is 6.18 Å². The van der Waals surface area contributed by atoms with Gasteiger partial charge in [0.2, 0.25) is 11.5 Å². The molecule has 1 aromatic heterocycles. The molecule has 0 saturated heterocycles. The average molecular weight is 336 g/mol. The number of carbonyl (C=O) groups excluding carboxylic acids is 1. The van der Waals surface area contributed by atoms with Gasteiger partial charge in [0.1, 0.15) is 5.52 Å². The van der Waals surface area contributed by atoms with Crippen LogP contribution in [0.15, 0.2) is 12.1 Å². The van der Waals surface area contributed by atoms with Crippen molar-refractivity contribution in [3.63, 3.8) is 0 Å². The normalized spacial score (nSPS) is 12.2. The van der Waals surface area contributed by atoms with Crippen molar-refractivity contribution in [2.45, 2.75) is 20.0 Å². The Morgan fingerprint density at radius 2 is 1.74 bits per heavy atom. The summed E-state index contributed by atoms with van der Waals surface area (Å²) in [4.78, 5) is 24.1. The van der Waals surface area contributed by atoms with Gasteiger partial charge in [0.15, 0.2) is 11.6 Å². The van der Waals surface area contributed by atoms with E-state index < -0.39 is 61.1 Å². The van der Waals surface area contributed by atoms with Crippen molar-refractivity contribution >= 4 is 16.8 Å². The van der Waals surface area contributed by atoms with E-state index in [9.17, 15) is 36.9 Å². The van der Waals surface area contributed by atoms with Crippen LogP contribution >= 0.6 is 0 Å². The van der Waals surface area contributed by atoms with Gasteiger partial charge in [0, 0.05) is 16.9 Å². The zero-order valence-electron chi connectivity index (χ0n) is 11.7. The molecule has 23 heavy (non-hydrogen) atoms. The lowest BCUT2D eigenvalue weighted by molar-refractivity contribution is -0.470. The predicted octanol–water partition coefficient (Wildman–Crippen LogP) is 3.04. The van der Waals surface area contributed by atoms with Crippen LogP contribution in [0.4, 0.5) is 22.0 Å². The van der Waals surface area contributed by atoms with Gasteiger partial charge in [-0.15, -0.1) is 0 Å². The van der Waals surface area contributed by atoms with Crippen LogP contribution in [0.3, 0.4) is 0 Å². The van der Waals surface area contributed by atoms with Crippen LogP contribution in [0, 0.1) is 27.7 Å². The maximum Gasteiger partial charge on any atom is 0.438 e. The minimum absolute atomic E-state index is 0.172. The molecule has 2 aromatic rings. The van der Waals surface area contributed by atoms with E-state index in [1.165, 1.54) is 13.8 Å². The number of rotatable bonds is 2. The summed E-state index contributed by atoms with van der Waals surface area (Å²) in [7, 11) is 0. The molecule has 0 amide bonds. The SMILES string of the molecule is CC(C)C(=O)c1c(C(F)(F)F)n([O-])c2cc(F)c(F)cc2[n+]1=O. The van der Waals surface area contributed by atoms with Gasteiger partial charge in [-0.05, 0) is 0 Å². The number of carbonyl (C=O) groups is 1. The third kappa shape index (κ3) is 2.64. The molecule has 5 nitrogen and oxygen atoms in total. The molecule has 0 atom stereocenters. The number of benzene rings is 1. The van der Waals surface area contributed by atoms with Crippen LogP contribution in [0.2, 0.25) is 0 Å². The molecule has 0 saturated carbocycles. The van der Waals surface area contributed by atoms with Crippen LogP contribution in [-0.4, -0.2) is 10.5 Å². The molecule has 1 aromatic carbocycles. The number of alkyl halides is 3. The summed E-state index contributed by atoms with van der Waals surface area (Å²) in [5.41, 5.74) is -5.44. The van der Waals surface area contributed by atoms with Crippen molar-refractivity contribution in [1.29, 1.82) is 0 Å². The van der Waals surface area contributed by atoms with Gasteiger partial charge in [-0.1, -0.05) is 13.8 Å². The number of halogens is 5. The monoisotopic (exact) mass is 336 g/mol. The molecule has 2 rings (SSSR count). The highest BCUT2D eigenvalue weighted by molar-refractivity contribution is 5.96. The lowest BCUT2D eigenvalue weighted by Gasteiger charge is -2.20. The van der Waals surface area contributed by atoms with Gasteiger partial charge in [0.25, 0.3) is 5.52 Å². The summed E-state index contributed by atoms with van der Waals surface area (Å²) in [6, 6.07) is 0.439. The summed E-state index contributed by atoms with van der Waals surface area (Å²) in [6.45, 7) is 2.46. The Morgan fingerprint density at radius 1 is 1.22 bits per heavy atom. The Morgan fingerprint density at radius 3 is 2.22 bits per heavy atom. The summed E-state index contributed by atoms with van der Waals surface area (Å²) < 4.78 is 64.5. The number of aromatic nitrogens is 2. The first-order valence-corrected chi connectivity index (χ1v) is 6.26. The third-order valence-corrected chi connectivity index (χ3v) is 3.11. The van der Waals surface area contributed by atoms with Crippen molar-refractivity contribution in [1.82, 2.24) is 4.73 Å². The molecular formula is C13H9F5N2O3. The summed E-state index contributed by atoms with van der Waals surface area (Å²) in [5.74, 6) is -5.41. The van der Waals surface area contributed by atoms with Gasteiger partial charge in [-0.3, -0.25) is 4.79 Å². The van der Waals surface area contributed by atoms with Gasteiger partial charge in [-0.2, -0.15) is 13.2 Å². The van der Waals surface area contributed by atoms with Crippen molar-refractivity contribution < 1.29 is 31.2 Å². The first-order chi connectivity index (χ1) is 10.5. The minimum Gasteiger partial charge on any atom is -0.805 e. The van der Waals surface area contributed by atoms with E-state index in [4.69, 9.17) is 0 Å². The zero-order chi connectivity index (χ0) is 17.7. The van der Waals surface area contributed by atoms with Gasteiger partial charge < -0.3 is 9.94 Å². The molecule has 0 N–H and O–H groups in total. The highest BCUT2D eigenvalue weighted by Gasteiger charge is 2.45. The average Bonchev–Trinajstić information content (AvgIpc) is 2.42. The van der Waals surface area contributed by atoms with Crippen molar-refractivity contribution in [2.24, 2.45) is 5.92 Å². The van der Waals surface area contributed by atoms with Crippen LogP contribution in [0.1, 0.15) is 30.0 Å². The number of hydrogen-bond donors (Lipinski definition) is 0. The first-order valence-electron chi connectivity index (χ1n) is 6.26. The molecule has 0 spiro atoms. The molecule has 0 bridgehead atoms. The van der Waals surface area contributed by atoms with Crippen molar-refractivity contribution in [3.8, 4) is 0 Å².